The molecule has 3 rings (SSSR count). The summed E-state index contributed by atoms with van der Waals surface area (Å²) in [5.74, 6) is 0.559. The lowest BCUT2D eigenvalue weighted by molar-refractivity contribution is -0.174. The van der Waals surface area contributed by atoms with E-state index in [-0.39, 0.29) is 28.3 Å². The first-order chi connectivity index (χ1) is 8.70. The molecule has 3 heteroatoms. The zero-order valence-electron chi connectivity index (χ0n) is 12.5. The molecule has 108 valence electrons. The van der Waals surface area contributed by atoms with Crippen molar-refractivity contribution in [3.8, 4) is 0 Å². The predicted octanol–water partition coefficient (Wildman–Crippen LogP) is 3.88. The highest BCUT2D eigenvalue weighted by molar-refractivity contribution is 5.73. The predicted molar refractivity (Wildman–Crippen MR) is 71.3 cm³/mol. The highest BCUT2D eigenvalue weighted by Gasteiger charge is 2.64. The van der Waals surface area contributed by atoms with E-state index >= 15 is 0 Å². The Hall–Kier alpha value is -0.600. The van der Waals surface area contributed by atoms with Crippen LogP contribution in [0.25, 0.3) is 0 Å². The van der Waals surface area contributed by atoms with E-state index in [4.69, 9.17) is 4.74 Å². The lowest BCUT2D eigenvalue weighted by Gasteiger charge is -2.60. The van der Waals surface area contributed by atoms with Gasteiger partial charge < -0.3 is 4.74 Å². The summed E-state index contributed by atoms with van der Waals surface area (Å²) in [5, 5.41) is 0. The Bertz CT molecular complexity index is 419. The van der Waals surface area contributed by atoms with E-state index in [1.54, 1.807) is 0 Å². The van der Waals surface area contributed by atoms with Gasteiger partial charge >= 0.3 is 5.97 Å². The monoisotopic (exact) mass is 268 g/mol. The molecular weight excluding hydrogens is 243 g/mol. The molecular formula is C16H25FO2. The number of rotatable bonds is 0. The van der Waals surface area contributed by atoms with Crippen molar-refractivity contribution < 1.29 is 13.9 Å². The molecule has 5 atom stereocenters. The Morgan fingerprint density at radius 3 is 2.47 bits per heavy atom. The molecule has 0 radical (unpaired) electrons. The fraction of sp³-hybridized carbons (Fsp3) is 0.938. The van der Waals surface area contributed by atoms with Crippen LogP contribution in [0.1, 0.15) is 59.8 Å². The van der Waals surface area contributed by atoms with Crippen molar-refractivity contribution in [3.63, 3.8) is 0 Å². The van der Waals surface area contributed by atoms with Crippen molar-refractivity contribution in [1.29, 1.82) is 0 Å². The Balaban J connectivity index is 2.00. The number of ether oxygens (including phenoxy) is 1. The van der Waals surface area contributed by atoms with Crippen molar-refractivity contribution in [1.82, 2.24) is 0 Å². The van der Waals surface area contributed by atoms with Gasteiger partial charge in [-0.25, -0.2) is 4.39 Å². The molecule has 1 aliphatic heterocycles. The van der Waals surface area contributed by atoms with E-state index < -0.39 is 6.17 Å². The van der Waals surface area contributed by atoms with Gasteiger partial charge in [-0.3, -0.25) is 4.79 Å². The summed E-state index contributed by atoms with van der Waals surface area (Å²) in [6, 6.07) is 0. The highest BCUT2D eigenvalue weighted by atomic mass is 19.1. The maximum atomic E-state index is 14.3. The van der Waals surface area contributed by atoms with Crippen molar-refractivity contribution in [2.75, 3.05) is 0 Å². The summed E-state index contributed by atoms with van der Waals surface area (Å²) in [7, 11) is 0. The summed E-state index contributed by atoms with van der Waals surface area (Å²) in [6.07, 6.45) is 3.19. The van der Waals surface area contributed by atoms with Gasteiger partial charge in [-0.15, -0.1) is 0 Å². The zero-order chi connectivity index (χ0) is 14.1. The lowest BCUT2D eigenvalue weighted by atomic mass is 9.45. The number of carbonyl (C=O) groups excluding carboxylic acids is 1. The Labute approximate surface area is 115 Å². The summed E-state index contributed by atoms with van der Waals surface area (Å²) < 4.78 is 19.9. The van der Waals surface area contributed by atoms with Crippen LogP contribution < -0.4 is 0 Å². The van der Waals surface area contributed by atoms with E-state index in [1.165, 1.54) is 0 Å². The first-order valence-electron chi connectivity index (χ1n) is 7.56. The standard InChI is InChI=1S/C16H25FO2/c1-14(2)10-5-8-16(4)11(9-13(18)19-16)15(10,3)7-6-12(14)17/h10-12H,5-9H2,1-4H3/t10-,11+,12?,15-,16+/m0/s1. The van der Waals surface area contributed by atoms with Gasteiger partial charge in [-0.2, -0.15) is 0 Å². The second-order valence-electron chi connectivity index (χ2n) is 7.97. The summed E-state index contributed by atoms with van der Waals surface area (Å²) in [4.78, 5) is 11.8. The Kier molecular flexibility index (Phi) is 2.63. The molecule has 1 heterocycles. The molecule has 0 N–H and O–H groups in total. The number of alkyl halides is 1. The van der Waals surface area contributed by atoms with Crippen LogP contribution in [-0.4, -0.2) is 17.7 Å². The number of carbonyl (C=O) groups is 1. The second kappa shape index (κ2) is 3.73. The molecule has 0 aromatic carbocycles. The Morgan fingerprint density at radius 2 is 1.79 bits per heavy atom. The number of hydrogen-bond acceptors (Lipinski definition) is 2. The van der Waals surface area contributed by atoms with Crippen molar-refractivity contribution >= 4 is 5.97 Å². The van der Waals surface area contributed by atoms with Gasteiger partial charge in [-0.05, 0) is 49.4 Å². The number of halogens is 1. The summed E-state index contributed by atoms with van der Waals surface area (Å²) in [6.45, 7) is 8.49. The van der Waals surface area contributed by atoms with Crippen LogP contribution in [0.5, 0.6) is 0 Å². The molecule has 0 amide bonds. The van der Waals surface area contributed by atoms with Crippen LogP contribution >= 0.6 is 0 Å². The molecule has 3 aliphatic rings. The molecule has 0 aromatic rings. The quantitative estimate of drug-likeness (QED) is 0.623. The normalized spacial score (nSPS) is 52.3. The van der Waals surface area contributed by atoms with Crippen molar-refractivity contribution in [2.45, 2.75) is 71.6 Å². The fourth-order valence-electron chi connectivity index (χ4n) is 5.51. The van der Waals surface area contributed by atoms with Crippen LogP contribution in [0.4, 0.5) is 4.39 Å². The van der Waals surface area contributed by atoms with E-state index in [1.807, 2.05) is 0 Å². The molecule has 1 unspecified atom stereocenters. The average Bonchev–Trinajstić information content (AvgIpc) is 2.61. The zero-order valence-corrected chi connectivity index (χ0v) is 12.5. The third-order valence-electron chi connectivity index (χ3n) is 6.62. The van der Waals surface area contributed by atoms with E-state index in [0.717, 1.165) is 19.3 Å². The van der Waals surface area contributed by atoms with E-state index in [9.17, 15) is 9.18 Å². The van der Waals surface area contributed by atoms with Gasteiger partial charge in [0.25, 0.3) is 0 Å². The average molecular weight is 268 g/mol. The lowest BCUT2D eigenvalue weighted by Crippen LogP contribution is -2.58. The first kappa shape index (κ1) is 13.4. The van der Waals surface area contributed by atoms with Crippen molar-refractivity contribution in [3.05, 3.63) is 0 Å². The van der Waals surface area contributed by atoms with E-state index in [0.29, 0.717) is 18.8 Å². The van der Waals surface area contributed by atoms with E-state index in [2.05, 4.69) is 27.7 Å². The minimum Gasteiger partial charge on any atom is -0.459 e. The molecule has 0 spiro atoms. The first-order valence-corrected chi connectivity index (χ1v) is 7.56. The summed E-state index contributed by atoms with van der Waals surface area (Å²) >= 11 is 0. The van der Waals surface area contributed by atoms with Crippen LogP contribution in [0.15, 0.2) is 0 Å². The Morgan fingerprint density at radius 1 is 1.11 bits per heavy atom. The highest BCUT2D eigenvalue weighted by Crippen LogP contribution is 2.65. The minimum atomic E-state index is -0.715. The van der Waals surface area contributed by atoms with Gasteiger partial charge in [-0.1, -0.05) is 20.8 Å². The largest absolute Gasteiger partial charge is 0.459 e. The molecule has 2 aliphatic carbocycles. The molecule has 0 aromatic heterocycles. The molecule has 0 bridgehead atoms. The van der Waals surface area contributed by atoms with Gasteiger partial charge in [0, 0.05) is 5.92 Å². The third-order valence-corrected chi connectivity index (χ3v) is 6.62. The van der Waals surface area contributed by atoms with Crippen LogP contribution in [0.2, 0.25) is 0 Å². The molecule has 2 nitrogen and oxygen atoms in total. The van der Waals surface area contributed by atoms with Crippen molar-refractivity contribution in [2.24, 2.45) is 22.7 Å². The van der Waals surface area contributed by atoms with Crippen LogP contribution in [-0.2, 0) is 9.53 Å². The van der Waals surface area contributed by atoms with Gasteiger partial charge in [0.05, 0.1) is 6.42 Å². The number of esters is 1. The number of fused-ring (bicyclic) bond motifs is 3. The van der Waals surface area contributed by atoms with Gasteiger partial charge in [0.1, 0.15) is 11.8 Å². The summed E-state index contributed by atoms with van der Waals surface area (Å²) in [5.41, 5.74) is -0.535. The third kappa shape index (κ3) is 1.62. The van der Waals surface area contributed by atoms with Crippen LogP contribution in [0.3, 0.4) is 0 Å². The van der Waals surface area contributed by atoms with Gasteiger partial charge in [0.15, 0.2) is 0 Å². The minimum absolute atomic E-state index is 0.0469. The molecule has 2 saturated carbocycles. The smallest absolute Gasteiger partial charge is 0.306 e. The molecule has 1 saturated heterocycles. The molecule has 3 fully saturated rings. The second-order valence-corrected chi connectivity index (χ2v) is 7.97. The SMILES string of the molecule is CC1(C)C(F)CC[C@]2(C)[C@H]3CC(=O)O[C@]3(C)CC[C@@H]12. The van der Waals surface area contributed by atoms with Crippen LogP contribution in [0, 0.1) is 22.7 Å². The maximum Gasteiger partial charge on any atom is 0.306 e. The van der Waals surface area contributed by atoms with Gasteiger partial charge in [0.2, 0.25) is 0 Å². The number of hydrogen-bond donors (Lipinski definition) is 0. The topological polar surface area (TPSA) is 26.3 Å². The maximum absolute atomic E-state index is 14.3. The molecule has 19 heavy (non-hydrogen) atoms. The fourth-order valence-corrected chi connectivity index (χ4v) is 5.51.